The Morgan fingerprint density at radius 3 is 1.24 bits per heavy atom. The molecule has 13 aromatic rings. The smallest absolute Gasteiger partial charge is 0.177 e. The van der Waals surface area contributed by atoms with Crippen LogP contribution in [-0.4, -0.2) is 24.1 Å². The molecule has 0 spiro atoms. The third-order valence-corrected chi connectivity index (χ3v) is 14.2. The molecule has 0 fully saturated rings. The van der Waals surface area contributed by atoms with Crippen LogP contribution in [0, 0.1) is 47.1 Å². The lowest BCUT2D eigenvalue weighted by molar-refractivity contribution is 1.07. The molecule has 0 radical (unpaired) electrons. The Kier molecular flexibility index (Phi) is 11.2. The molecule has 0 bridgehead atoms. The summed E-state index contributed by atoms with van der Waals surface area (Å²) < 4.78 is 4.49. The molecule has 0 amide bonds. The number of para-hydroxylation sites is 2. The Morgan fingerprint density at radius 1 is 0.321 bits per heavy atom. The predicted octanol–water partition coefficient (Wildman–Crippen LogP) is 16.8. The third-order valence-electron chi connectivity index (χ3n) is 14.2. The Labute approximate surface area is 447 Å². The van der Waals surface area contributed by atoms with Gasteiger partial charge in [0.1, 0.15) is 0 Å². The van der Waals surface area contributed by atoms with E-state index in [2.05, 4.69) is 97.7 Å². The molecule has 0 aliphatic heterocycles. The highest BCUT2D eigenvalue weighted by molar-refractivity contribution is 6.13. The van der Waals surface area contributed by atoms with Crippen LogP contribution in [0.4, 0.5) is 11.4 Å². The molecule has 0 N–H and O–H groups in total. The van der Waals surface area contributed by atoms with Gasteiger partial charge in [0.2, 0.25) is 0 Å². The molecule has 78 heavy (non-hydrogen) atoms. The second-order valence-corrected chi connectivity index (χ2v) is 18.8. The van der Waals surface area contributed by atoms with Gasteiger partial charge in [-0.2, -0.15) is 15.8 Å². The summed E-state index contributed by atoms with van der Waals surface area (Å²) >= 11 is 0. The predicted molar refractivity (Wildman–Crippen MR) is 308 cm³/mol. The van der Waals surface area contributed by atoms with Crippen molar-refractivity contribution in [2.24, 2.45) is 0 Å². The zero-order valence-corrected chi connectivity index (χ0v) is 41.3. The molecule has 0 aliphatic rings. The number of nitriles is 3. The lowest BCUT2D eigenvalue weighted by Crippen LogP contribution is -2.04. The SMILES string of the molecule is [C-]#[N+]c1cc([N+]#[C-])cc(-c2ccc3c(c2)c2ccccc2n3-c2cc(-c3nc(-c4ccccc4)nc(-c4ccccc4)n3)ccc2-c2ccc(C#N)cc2-n2c3ccccc3c3cc(-c4cc(C#N)cc(C#N)c4)ccc32)c1. The van der Waals surface area contributed by atoms with Gasteiger partial charge in [-0.3, -0.25) is 0 Å². The van der Waals surface area contributed by atoms with Gasteiger partial charge in [0.15, 0.2) is 28.8 Å². The Hall–Kier alpha value is -11.7. The van der Waals surface area contributed by atoms with E-state index >= 15 is 0 Å². The van der Waals surface area contributed by atoms with Crippen LogP contribution in [0.2, 0.25) is 0 Å². The molecule has 3 heterocycles. The lowest BCUT2D eigenvalue weighted by Gasteiger charge is -2.20. The summed E-state index contributed by atoms with van der Waals surface area (Å²) in [6.45, 7) is 15.6. The van der Waals surface area contributed by atoms with E-state index in [1.807, 2.05) is 133 Å². The van der Waals surface area contributed by atoms with Crippen molar-refractivity contribution in [3.63, 3.8) is 0 Å². The van der Waals surface area contributed by atoms with E-state index in [-0.39, 0.29) is 0 Å². The largest absolute Gasteiger partial charge is 0.309 e. The van der Waals surface area contributed by atoms with Crippen LogP contribution in [0.15, 0.2) is 218 Å². The van der Waals surface area contributed by atoms with Gasteiger partial charge >= 0.3 is 0 Å². The van der Waals surface area contributed by atoms with E-state index in [4.69, 9.17) is 28.1 Å². The zero-order valence-electron chi connectivity index (χ0n) is 41.3. The van der Waals surface area contributed by atoms with E-state index in [1.54, 1.807) is 24.3 Å². The van der Waals surface area contributed by atoms with Crippen LogP contribution in [0.1, 0.15) is 16.7 Å². The molecule has 10 heteroatoms. The average Bonchev–Trinajstić information content (AvgIpc) is 4.24. The molecule has 10 aromatic carbocycles. The van der Waals surface area contributed by atoms with Crippen molar-refractivity contribution >= 4 is 55.0 Å². The fourth-order valence-corrected chi connectivity index (χ4v) is 10.7. The van der Waals surface area contributed by atoms with Crippen LogP contribution in [0.5, 0.6) is 0 Å². The molecular weight excluding hydrogens is 957 g/mol. The number of rotatable bonds is 8. The number of hydrogen-bond acceptors (Lipinski definition) is 6. The van der Waals surface area contributed by atoms with Gasteiger partial charge in [-0.1, -0.05) is 146 Å². The number of hydrogen-bond donors (Lipinski definition) is 0. The lowest BCUT2D eigenvalue weighted by atomic mass is 9.97. The maximum Gasteiger partial charge on any atom is 0.177 e. The molecule has 3 aromatic heterocycles. The molecule has 0 atom stereocenters. The van der Waals surface area contributed by atoms with Crippen molar-refractivity contribution in [3.05, 3.63) is 258 Å². The molecular formula is C68H36N10. The topological polar surface area (TPSA) is 129 Å². The van der Waals surface area contributed by atoms with Crippen molar-refractivity contribution in [3.8, 4) is 97.1 Å². The quantitative estimate of drug-likeness (QED) is 0.139. The van der Waals surface area contributed by atoms with Gasteiger partial charge in [-0.05, 0) is 95.1 Å². The molecule has 0 saturated heterocycles. The summed E-state index contributed by atoms with van der Waals surface area (Å²) in [4.78, 5) is 22.7. The molecule has 13 rings (SSSR count). The number of aromatic nitrogens is 5. The van der Waals surface area contributed by atoms with Crippen molar-refractivity contribution in [1.29, 1.82) is 15.8 Å². The van der Waals surface area contributed by atoms with Gasteiger partial charge in [0, 0.05) is 49.4 Å². The van der Waals surface area contributed by atoms with Crippen molar-refractivity contribution in [2.75, 3.05) is 0 Å². The maximum absolute atomic E-state index is 10.6. The van der Waals surface area contributed by atoms with Crippen LogP contribution in [0.3, 0.4) is 0 Å². The summed E-state index contributed by atoms with van der Waals surface area (Å²) in [7, 11) is 0. The molecule has 358 valence electrons. The van der Waals surface area contributed by atoms with Crippen LogP contribution >= 0.6 is 0 Å². The molecule has 10 nitrogen and oxygen atoms in total. The number of nitrogens with zero attached hydrogens (tertiary/aromatic N) is 10. The molecule has 0 aliphatic carbocycles. The monoisotopic (exact) mass is 992 g/mol. The first-order chi connectivity index (χ1) is 38.4. The van der Waals surface area contributed by atoms with Gasteiger partial charge in [0.05, 0.1) is 81.5 Å². The summed E-state index contributed by atoms with van der Waals surface area (Å²) in [5.41, 5.74) is 14.7. The van der Waals surface area contributed by atoms with Gasteiger partial charge in [-0.25, -0.2) is 24.6 Å². The van der Waals surface area contributed by atoms with E-state index in [0.29, 0.717) is 45.5 Å². The first-order valence-electron chi connectivity index (χ1n) is 24.9. The number of benzene rings is 10. The summed E-state index contributed by atoms with van der Waals surface area (Å²) in [5.74, 6) is 1.55. The highest BCUT2D eigenvalue weighted by Gasteiger charge is 2.24. The Balaban J connectivity index is 1.09. The van der Waals surface area contributed by atoms with Crippen molar-refractivity contribution in [1.82, 2.24) is 24.1 Å². The minimum atomic E-state index is 0.396. The van der Waals surface area contributed by atoms with Gasteiger partial charge in [0.25, 0.3) is 0 Å². The molecule has 0 unspecified atom stereocenters. The van der Waals surface area contributed by atoms with Crippen molar-refractivity contribution < 1.29 is 0 Å². The minimum absolute atomic E-state index is 0.396. The fourth-order valence-electron chi connectivity index (χ4n) is 10.7. The molecule has 0 saturated carbocycles. The second kappa shape index (κ2) is 18.9. The highest BCUT2D eigenvalue weighted by Crippen LogP contribution is 2.44. The van der Waals surface area contributed by atoms with Crippen LogP contribution < -0.4 is 0 Å². The Bertz CT molecular complexity index is 4740. The van der Waals surface area contributed by atoms with Crippen LogP contribution in [-0.2, 0) is 0 Å². The second-order valence-electron chi connectivity index (χ2n) is 18.8. The highest BCUT2D eigenvalue weighted by atomic mass is 15.0. The summed E-state index contributed by atoms with van der Waals surface area (Å²) in [6.07, 6.45) is 0. The zero-order chi connectivity index (χ0) is 52.9. The van der Waals surface area contributed by atoms with Gasteiger partial charge in [-0.15, -0.1) is 0 Å². The van der Waals surface area contributed by atoms with E-state index < -0.39 is 0 Å². The maximum atomic E-state index is 10.6. The average molecular weight is 993 g/mol. The van der Waals surface area contributed by atoms with E-state index in [1.165, 1.54) is 0 Å². The third kappa shape index (κ3) is 7.91. The normalized spacial score (nSPS) is 11.0. The standard InChI is InChI=1S/C68H36N10/c1-72-52-33-51(34-53(38-52)73-2)48-24-28-63-59(36-48)55-18-10-12-20-61(55)78(63)65-37-49(68-75-66(45-13-5-3-6-14-45)74-67(76-68)46-15-7-4-8-16-46)22-26-57(65)56-25-21-42(39-69)32-64(56)77-60-19-11-9-17-54(60)58-35-47(23-27-62(58)77)50-30-43(40-70)29-44(31-50)41-71/h3-38H. The minimum Gasteiger partial charge on any atom is -0.309 e. The van der Waals surface area contributed by atoms with E-state index in [0.717, 1.165) is 105 Å². The fraction of sp³-hybridized carbons (Fsp3) is 0. The van der Waals surface area contributed by atoms with Gasteiger partial charge < -0.3 is 9.13 Å². The summed E-state index contributed by atoms with van der Waals surface area (Å²) in [6, 6.07) is 78.2. The first kappa shape index (κ1) is 46.1. The Morgan fingerprint density at radius 2 is 0.744 bits per heavy atom. The van der Waals surface area contributed by atoms with Crippen LogP contribution in [0.25, 0.3) is 132 Å². The first-order valence-corrected chi connectivity index (χ1v) is 24.9. The van der Waals surface area contributed by atoms with E-state index in [9.17, 15) is 15.8 Å². The summed E-state index contributed by atoms with van der Waals surface area (Å²) in [5, 5.41) is 34.3. The number of fused-ring (bicyclic) bond motifs is 6. The van der Waals surface area contributed by atoms with Crippen molar-refractivity contribution in [2.45, 2.75) is 0 Å².